The fourth-order valence-corrected chi connectivity index (χ4v) is 2.26. The summed E-state index contributed by atoms with van der Waals surface area (Å²) in [5.41, 5.74) is 0. The lowest BCUT2D eigenvalue weighted by Gasteiger charge is -2.19. The van der Waals surface area contributed by atoms with Crippen LogP contribution in [0.5, 0.6) is 0 Å². The molecule has 0 aromatic carbocycles. The summed E-state index contributed by atoms with van der Waals surface area (Å²) < 4.78 is 22.0. The summed E-state index contributed by atoms with van der Waals surface area (Å²) >= 11 is 0. The highest BCUT2D eigenvalue weighted by molar-refractivity contribution is 7.90. The molecule has 18 heavy (non-hydrogen) atoms. The fraction of sp³-hybridized carbons (Fsp3) is 1.00. The average Bonchev–Trinajstić information content (AvgIpc) is 2.22. The Kier molecular flexibility index (Phi) is 8.82. The zero-order valence-electron chi connectivity index (χ0n) is 12.6. The summed E-state index contributed by atoms with van der Waals surface area (Å²) in [5.74, 6) is 0.999. The third kappa shape index (κ3) is 12.3. The molecular weight excluding hydrogens is 248 g/mol. The summed E-state index contributed by atoms with van der Waals surface area (Å²) in [5, 5.41) is 3.47. The van der Waals surface area contributed by atoms with Gasteiger partial charge < -0.3 is 10.2 Å². The zero-order valence-corrected chi connectivity index (χ0v) is 13.4. The van der Waals surface area contributed by atoms with Crippen LogP contribution in [0.2, 0.25) is 0 Å². The second-order valence-electron chi connectivity index (χ2n) is 5.76. The lowest BCUT2D eigenvalue weighted by Crippen LogP contribution is -2.36. The number of likely N-dealkylation sites (N-methyl/N-ethyl adjacent to an activating group) is 1. The molecule has 4 nitrogen and oxygen atoms in total. The van der Waals surface area contributed by atoms with Gasteiger partial charge in [-0.15, -0.1) is 0 Å². The molecule has 0 aromatic heterocycles. The first kappa shape index (κ1) is 17.9. The van der Waals surface area contributed by atoms with E-state index in [2.05, 4.69) is 31.0 Å². The molecule has 0 aromatic rings. The number of sulfone groups is 1. The number of nitrogens with one attached hydrogen (secondary N) is 1. The standard InChI is InChI=1S/C13H30N2O2S/c1-12(2)6-7-13(3)14-8-9-15(4)10-11-18(5,16)17/h12-14H,6-11H2,1-5H3. The molecule has 0 aliphatic rings. The number of rotatable bonds is 10. The van der Waals surface area contributed by atoms with Gasteiger partial charge in [0.1, 0.15) is 9.84 Å². The van der Waals surface area contributed by atoms with Crippen LogP contribution in [0.1, 0.15) is 33.6 Å². The van der Waals surface area contributed by atoms with E-state index in [0.29, 0.717) is 12.6 Å². The second kappa shape index (κ2) is 8.88. The molecule has 0 rings (SSSR count). The summed E-state index contributed by atoms with van der Waals surface area (Å²) in [4.78, 5) is 2.06. The second-order valence-corrected chi connectivity index (χ2v) is 8.02. The van der Waals surface area contributed by atoms with E-state index in [0.717, 1.165) is 19.0 Å². The van der Waals surface area contributed by atoms with Crippen molar-refractivity contribution >= 4 is 9.84 Å². The maximum atomic E-state index is 11.0. The first-order chi connectivity index (χ1) is 8.20. The van der Waals surface area contributed by atoms with Gasteiger partial charge >= 0.3 is 0 Å². The highest BCUT2D eigenvalue weighted by Gasteiger charge is 2.06. The van der Waals surface area contributed by atoms with Crippen molar-refractivity contribution in [3.8, 4) is 0 Å². The SMILES string of the molecule is CC(C)CCC(C)NCCN(C)CCS(C)(=O)=O. The van der Waals surface area contributed by atoms with Gasteiger partial charge in [-0.25, -0.2) is 8.42 Å². The molecule has 0 radical (unpaired) electrons. The molecule has 5 heteroatoms. The van der Waals surface area contributed by atoms with Gasteiger partial charge in [-0.1, -0.05) is 13.8 Å². The largest absolute Gasteiger partial charge is 0.313 e. The molecule has 0 amide bonds. The van der Waals surface area contributed by atoms with E-state index in [-0.39, 0.29) is 5.75 Å². The molecule has 0 bridgehead atoms. The molecule has 110 valence electrons. The Labute approximate surface area is 113 Å². The van der Waals surface area contributed by atoms with Gasteiger partial charge in [-0.3, -0.25) is 0 Å². The Bertz CT molecular complexity index is 302. The van der Waals surface area contributed by atoms with Gasteiger partial charge in [0.15, 0.2) is 0 Å². The number of hydrogen-bond donors (Lipinski definition) is 1. The van der Waals surface area contributed by atoms with Crippen molar-refractivity contribution < 1.29 is 8.42 Å². The molecule has 1 atom stereocenters. The molecule has 0 fully saturated rings. The molecular formula is C13H30N2O2S. The molecule has 0 heterocycles. The predicted molar refractivity (Wildman–Crippen MR) is 78.7 cm³/mol. The first-order valence-electron chi connectivity index (χ1n) is 6.80. The van der Waals surface area contributed by atoms with Crippen LogP contribution in [0.25, 0.3) is 0 Å². The number of nitrogens with zero attached hydrogens (tertiary/aromatic N) is 1. The lowest BCUT2D eigenvalue weighted by molar-refractivity contribution is 0.336. The van der Waals surface area contributed by atoms with E-state index >= 15 is 0 Å². The third-order valence-electron chi connectivity index (χ3n) is 3.01. The Morgan fingerprint density at radius 1 is 1.11 bits per heavy atom. The van der Waals surface area contributed by atoms with E-state index < -0.39 is 9.84 Å². The van der Waals surface area contributed by atoms with Gasteiger partial charge in [0, 0.05) is 31.9 Å². The molecule has 1 N–H and O–H groups in total. The Morgan fingerprint density at radius 2 is 1.72 bits per heavy atom. The maximum absolute atomic E-state index is 11.0. The van der Waals surface area contributed by atoms with Crippen LogP contribution in [0, 0.1) is 5.92 Å². The Morgan fingerprint density at radius 3 is 2.22 bits per heavy atom. The topological polar surface area (TPSA) is 49.4 Å². The Hall–Kier alpha value is -0.130. The smallest absolute Gasteiger partial charge is 0.148 e. The molecule has 1 unspecified atom stereocenters. The van der Waals surface area contributed by atoms with Crippen molar-refractivity contribution in [2.24, 2.45) is 5.92 Å². The van der Waals surface area contributed by atoms with Crippen LogP contribution < -0.4 is 5.32 Å². The normalized spacial score (nSPS) is 14.4. The summed E-state index contributed by atoms with van der Waals surface area (Å²) in [6.45, 7) is 9.11. The molecule has 0 saturated carbocycles. The highest BCUT2D eigenvalue weighted by atomic mass is 32.2. The van der Waals surface area contributed by atoms with Crippen LogP contribution in [-0.4, -0.2) is 58.1 Å². The van der Waals surface area contributed by atoms with E-state index in [4.69, 9.17) is 0 Å². The van der Waals surface area contributed by atoms with Crippen molar-refractivity contribution in [1.82, 2.24) is 10.2 Å². The van der Waals surface area contributed by atoms with Crippen LogP contribution in [0.15, 0.2) is 0 Å². The molecule has 0 aliphatic carbocycles. The van der Waals surface area contributed by atoms with Crippen LogP contribution in [0.4, 0.5) is 0 Å². The van der Waals surface area contributed by atoms with Crippen molar-refractivity contribution in [2.45, 2.75) is 39.7 Å². The van der Waals surface area contributed by atoms with Crippen molar-refractivity contribution in [1.29, 1.82) is 0 Å². The quantitative estimate of drug-likeness (QED) is 0.656. The lowest BCUT2D eigenvalue weighted by atomic mass is 10.0. The average molecular weight is 278 g/mol. The van der Waals surface area contributed by atoms with Gasteiger partial charge in [0.2, 0.25) is 0 Å². The highest BCUT2D eigenvalue weighted by Crippen LogP contribution is 2.05. The van der Waals surface area contributed by atoms with Crippen molar-refractivity contribution in [3.63, 3.8) is 0 Å². The van der Waals surface area contributed by atoms with Gasteiger partial charge in [-0.2, -0.15) is 0 Å². The van der Waals surface area contributed by atoms with E-state index in [1.807, 2.05) is 7.05 Å². The van der Waals surface area contributed by atoms with Gasteiger partial charge in [0.05, 0.1) is 5.75 Å². The van der Waals surface area contributed by atoms with Crippen molar-refractivity contribution in [2.75, 3.05) is 38.7 Å². The van der Waals surface area contributed by atoms with Crippen LogP contribution in [-0.2, 0) is 9.84 Å². The minimum absolute atomic E-state index is 0.242. The molecule has 0 spiro atoms. The Balaban J connectivity index is 3.58. The minimum atomic E-state index is -2.84. The molecule has 0 aliphatic heterocycles. The summed E-state index contributed by atoms with van der Waals surface area (Å²) in [6.07, 6.45) is 3.73. The zero-order chi connectivity index (χ0) is 14.2. The van der Waals surface area contributed by atoms with E-state index in [9.17, 15) is 8.42 Å². The van der Waals surface area contributed by atoms with E-state index in [1.165, 1.54) is 19.1 Å². The fourth-order valence-electron chi connectivity index (χ4n) is 1.62. The van der Waals surface area contributed by atoms with Gasteiger partial charge in [0.25, 0.3) is 0 Å². The van der Waals surface area contributed by atoms with Crippen LogP contribution in [0.3, 0.4) is 0 Å². The van der Waals surface area contributed by atoms with Crippen LogP contribution >= 0.6 is 0 Å². The first-order valence-corrected chi connectivity index (χ1v) is 8.86. The monoisotopic (exact) mass is 278 g/mol. The van der Waals surface area contributed by atoms with E-state index in [1.54, 1.807) is 0 Å². The van der Waals surface area contributed by atoms with Gasteiger partial charge in [-0.05, 0) is 32.7 Å². The predicted octanol–water partition coefficient (Wildman–Crippen LogP) is 1.38. The third-order valence-corrected chi connectivity index (χ3v) is 3.93. The van der Waals surface area contributed by atoms with Crippen molar-refractivity contribution in [3.05, 3.63) is 0 Å². The number of hydrogen-bond acceptors (Lipinski definition) is 4. The summed E-state index contributed by atoms with van der Waals surface area (Å²) in [7, 11) is -0.877. The maximum Gasteiger partial charge on any atom is 0.148 e. The summed E-state index contributed by atoms with van der Waals surface area (Å²) in [6, 6.07) is 0.538. The molecule has 0 saturated heterocycles. The minimum Gasteiger partial charge on any atom is -0.313 e.